The number of aromatic nitrogens is 3. The monoisotopic (exact) mass is 284 g/mol. The first kappa shape index (κ1) is 13.7. The van der Waals surface area contributed by atoms with E-state index in [0.717, 1.165) is 11.4 Å². The first-order chi connectivity index (χ1) is 10.2. The SMILES string of the molecule is C=Cc1ccc(NCC2(c3ccccn3)CC(F)C2)nn1. The van der Waals surface area contributed by atoms with E-state index in [-0.39, 0.29) is 5.41 Å². The van der Waals surface area contributed by atoms with Crippen LogP contribution in [0.25, 0.3) is 6.08 Å². The Morgan fingerprint density at radius 3 is 2.71 bits per heavy atom. The van der Waals surface area contributed by atoms with E-state index < -0.39 is 6.17 Å². The van der Waals surface area contributed by atoms with Gasteiger partial charge in [-0.3, -0.25) is 4.98 Å². The molecule has 0 spiro atoms. The van der Waals surface area contributed by atoms with Gasteiger partial charge in [-0.05, 0) is 43.2 Å². The predicted molar refractivity (Wildman–Crippen MR) is 80.7 cm³/mol. The Morgan fingerprint density at radius 1 is 1.29 bits per heavy atom. The molecule has 0 atom stereocenters. The number of nitrogens with zero attached hydrogens (tertiary/aromatic N) is 3. The van der Waals surface area contributed by atoms with Crippen LogP contribution in [0.3, 0.4) is 0 Å². The van der Waals surface area contributed by atoms with Crippen LogP contribution in [0.5, 0.6) is 0 Å². The van der Waals surface area contributed by atoms with E-state index in [1.807, 2.05) is 30.3 Å². The third kappa shape index (κ3) is 2.77. The van der Waals surface area contributed by atoms with Crippen molar-refractivity contribution >= 4 is 11.9 Å². The van der Waals surface area contributed by atoms with Gasteiger partial charge in [0.05, 0.1) is 5.69 Å². The summed E-state index contributed by atoms with van der Waals surface area (Å²) in [6, 6.07) is 9.46. The van der Waals surface area contributed by atoms with Crippen molar-refractivity contribution in [1.29, 1.82) is 0 Å². The zero-order valence-corrected chi connectivity index (χ0v) is 11.7. The van der Waals surface area contributed by atoms with Crippen molar-refractivity contribution in [2.45, 2.75) is 24.4 Å². The van der Waals surface area contributed by atoms with Crippen molar-refractivity contribution in [2.24, 2.45) is 0 Å². The molecule has 0 aromatic carbocycles. The number of hydrogen-bond acceptors (Lipinski definition) is 4. The average Bonchev–Trinajstić information content (AvgIpc) is 2.51. The molecule has 1 N–H and O–H groups in total. The highest BCUT2D eigenvalue weighted by Crippen LogP contribution is 2.44. The van der Waals surface area contributed by atoms with E-state index in [4.69, 9.17) is 0 Å². The highest BCUT2D eigenvalue weighted by atomic mass is 19.1. The van der Waals surface area contributed by atoms with Crippen molar-refractivity contribution in [3.63, 3.8) is 0 Å². The number of nitrogens with one attached hydrogen (secondary N) is 1. The Bertz CT molecular complexity index is 606. The van der Waals surface area contributed by atoms with Crippen molar-refractivity contribution < 1.29 is 4.39 Å². The maximum atomic E-state index is 13.4. The Morgan fingerprint density at radius 2 is 2.14 bits per heavy atom. The van der Waals surface area contributed by atoms with Crippen LogP contribution in [-0.4, -0.2) is 27.9 Å². The van der Waals surface area contributed by atoms with Crippen LogP contribution in [0, 0.1) is 0 Å². The second-order valence-electron chi connectivity index (χ2n) is 5.40. The molecule has 0 unspecified atom stereocenters. The van der Waals surface area contributed by atoms with Crippen molar-refractivity contribution in [3.8, 4) is 0 Å². The molecule has 3 rings (SSSR count). The molecule has 0 amide bonds. The minimum Gasteiger partial charge on any atom is -0.368 e. The smallest absolute Gasteiger partial charge is 0.148 e. The van der Waals surface area contributed by atoms with Gasteiger partial charge in [-0.2, -0.15) is 0 Å². The van der Waals surface area contributed by atoms with Gasteiger partial charge >= 0.3 is 0 Å². The number of hydrogen-bond donors (Lipinski definition) is 1. The molecule has 21 heavy (non-hydrogen) atoms. The van der Waals surface area contributed by atoms with E-state index in [2.05, 4.69) is 27.1 Å². The van der Waals surface area contributed by atoms with Crippen LogP contribution in [0.4, 0.5) is 10.2 Å². The van der Waals surface area contributed by atoms with Crippen molar-refractivity contribution in [2.75, 3.05) is 11.9 Å². The molecule has 2 aromatic heterocycles. The largest absolute Gasteiger partial charge is 0.368 e. The quantitative estimate of drug-likeness (QED) is 0.917. The summed E-state index contributed by atoms with van der Waals surface area (Å²) in [5.74, 6) is 0.679. The second-order valence-corrected chi connectivity index (χ2v) is 5.40. The van der Waals surface area contributed by atoms with Crippen LogP contribution in [0.2, 0.25) is 0 Å². The molecule has 0 saturated heterocycles. The number of anilines is 1. The molecule has 0 radical (unpaired) electrons. The summed E-state index contributed by atoms with van der Waals surface area (Å²) >= 11 is 0. The number of pyridine rings is 1. The van der Waals surface area contributed by atoms with Crippen molar-refractivity contribution in [1.82, 2.24) is 15.2 Å². The number of rotatable bonds is 5. The van der Waals surface area contributed by atoms with Gasteiger partial charge in [-0.25, -0.2) is 4.39 Å². The van der Waals surface area contributed by atoms with Crippen LogP contribution in [-0.2, 0) is 5.41 Å². The van der Waals surface area contributed by atoms with Gasteiger partial charge in [0, 0.05) is 23.9 Å². The number of halogens is 1. The zero-order valence-electron chi connectivity index (χ0n) is 11.7. The van der Waals surface area contributed by atoms with Gasteiger partial charge in [0.15, 0.2) is 0 Å². The standard InChI is InChI=1S/C16H17FN4/c1-2-13-6-7-15(21-20-13)19-11-16(9-12(17)10-16)14-5-3-4-8-18-14/h2-8,12H,1,9-11H2,(H,19,21). The van der Waals surface area contributed by atoms with Gasteiger partial charge in [0.1, 0.15) is 12.0 Å². The molecule has 1 aliphatic rings. The predicted octanol–water partition coefficient (Wildman–Crippen LogP) is 3.00. The van der Waals surface area contributed by atoms with E-state index >= 15 is 0 Å². The summed E-state index contributed by atoms with van der Waals surface area (Å²) in [5, 5.41) is 11.3. The molecular weight excluding hydrogens is 267 g/mol. The maximum Gasteiger partial charge on any atom is 0.148 e. The molecule has 1 aliphatic carbocycles. The lowest BCUT2D eigenvalue weighted by Gasteiger charge is -2.43. The summed E-state index contributed by atoms with van der Waals surface area (Å²) in [7, 11) is 0. The molecule has 0 aliphatic heterocycles. The second kappa shape index (κ2) is 5.60. The lowest BCUT2D eigenvalue weighted by molar-refractivity contribution is 0.0996. The Labute approximate surface area is 123 Å². The van der Waals surface area contributed by atoms with E-state index in [1.54, 1.807) is 12.3 Å². The Hall–Kier alpha value is -2.30. The molecule has 2 heterocycles. The molecule has 108 valence electrons. The van der Waals surface area contributed by atoms with Gasteiger partial charge in [0.2, 0.25) is 0 Å². The van der Waals surface area contributed by atoms with Crippen LogP contribution < -0.4 is 5.32 Å². The minimum atomic E-state index is -0.747. The fourth-order valence-corrected chi connectivity index (χ4v) is 2.71. The summed E-state index contributed by atoms with van der Waals surface area (Å²) in [6.45, 7) is 4.25. The van der Waals surface area contributed by atoms with Crippen LogP contribution in [0.1, 0.15) is 24.2 Å². The summed E-state index contributed by atoms with van der Waals surface area (Å²) in [6.07, 6.45) is 3.64. The molecule has 1 fully saturated rings. The fourth-order valence-electron chi connectivity index (χ4n) is 2.71. The summed E-state index contributed by atoms with van der Waals surface area (Å²) in [5.41, 5.74) is 1.41. The molecule has 2 aromatic rings. The average molecular weight is 284 g/mol. The Balaban J connectivity index is 1.73. The first-order valence-electron chi connectivity index (χ1n) is 6.97. The normalized spacial score (nSPS) is 24.1. The van der Waals surface area contributed by atoms with Gasteiger partial charge in [-0.15, -0.1) is 10.2 Å². The van der Waals surface area contributed by atoms with Crippen LogP contribution in [0.15, 0.2) is 43.1 Å². The zero-order chi connectivity index (χ0) is 14.7. The fraction of sp³-hybridized carbons (Fsp3) is 0.312. The molecule has 4 nitrogen and oxygen atoms in total. The van der Waals surface area contributed by atoms with Crippen molar-refractivity contribution in [3.05, 3.63) is 54.5 Å². The van der Waals surface area contributed by atoms with E-state index in [1.165, 1.54) is 0 Å². The van der Waals surface area contributed by atoms with Gasteiger partial charge in [-0.1, -0.05) is 12.6 Å². The van der Waals surface area contributed by atoms with Gasteiger partial charge < -0.3 is 5.32 Å². The minimum absolute atomic E-state index is 0.251. The number of alkyl halides is 1. The Kier molecular flexibility index (Phi) is 3.64. The topological polar surface area (TPSA) is 50.7 Å². The summed E-state index contributed by atoms with van der Waals surface area (Å²) < 4.78 is 13.4. The maximum absolute atomic E-state index is 13.4. The van der Waals surface area contributed by atoms with E-state index in [0.29, 0.717) is 25.2 Å². The summed E-state index contributed by atoms with van der Waals surface area (Å²) in [4.78, 5) is 4.39. The highest BCUT2D eigenvalue weighted by molar-refractivity contribution is 5.44. The molecule has 1 saturated carbocycles. The van der Waals surface area contributed by atoms with E-state index in [9.17, 15) is 4.39 Å². The first-order valence-corrected chi connectivity index (χ1v) is 6.97. The highest BCUT2D eigenvalue weighted by Gasteiger charge is 2.46. The lowest BCUT2D eigenvalue weighted by Crippen LogP contribution is -2.48. The molecule has 0 bridgehead atoms. The molecular formula is C16H17FN4. The third-order valence-corrected chi connectivity index (χ3v) is 3.93. The molecule has 5 heteroatoms. The van der Waals surface area contributed by atoms with Gasteiger partial charge in [0.25, 0.3) is 0 Å². The van der Waals surface area contributed by atoms with Crippen LogP contribution >= 0.6 is 0 Å². The third-order valence-electron chi connectivity index (χ3n) is 3.93. The lowest BCUT2D eigenvalue weighted by atomic mass is 9.65.